The maximum absolute atomic E-state index is 4.03. The number of pyridine rings is 1. The Labute approximate surface area is 295 Å². The van der Waals surface area contributed by atoms with Gasteiger partial charge in [-0.05, 0) is 120 Å². The Balaban J connectivity index is 0.813. The Kier molecular flexibility index (Phi) is 11.2. The fourth-order valence-electron chi connectivity index (χ4n) is 7.76. The molecule has 0 radical (unpaired) electrons. The minimum atomic E-state index is 0.950. The number of nitrogens with one attached hydrogen (secondary N) is 1. The highest BCUT2D eigenvalue weighted by atomic mass is 33.1. The minimum Gasteiger partial charge on any atom is -0.371 e. The van der Waals surface area contributed by atoms with Gasteiger partial charge in [0.05, 0.1) is 11.5 Å². The third-order valence-corrected chi connectivity index (χ3v) is 12.4. The molecule has 248 valence electrons. The maximum atomic E-state index is 4.03. The lowest BCUT2D eigenvalue weighted by Gasteiger charge is -2.37. The molecule has 0 saturated carbocycles. The number of nitrogens with zero attached hydrogens (tertiary/aromatic N) is 3. The van der Waals surface area contributed by atoms with Crippen LogP contribution < -0.4 is 19.4 Å². The van der Waals surface area contributed by atoms with Crippen LogP contribution >= 0.6 is 21.6 Å². The maximum Gasteiger partial charge on any atom is 0.169 e. The summed E-state index contributed by atoms with van der Waals surface area (Å²) >= 11 is 0. The molecular formula is C42H50N4S2+2. The van der Waals surface area contributed by atoms with E-state index in [9.17, 15) is 0 Å². The van der Waals surface area contributed by atoms with E-state index in [-0.39, 0.29) is 0 Å². The fourth-order valence-corrected chi connectivity index (χ4v) is 9.66. The van der Waals surface area contributed by atoms with E-state index >= 15 is 0 Å². The Morgan fingerprint density at radius 3 is 1.79 bits per heavy atom. The largest absolute Gasteiger partial charge is 0.371 e. The van der Waals surface area contributed by atoms with Crippen LogP contribution in [0.25, 0.3) is 18.2 Å². The van der Waals surface area contributed by atoms with Gasteiger partial charge in [0, 0.05) is 55.8 Å². The number of hydrogen-bond acceptors (Lipinski definition) is 4. The lowest BCUT2D eigenvalue weighted by molar-refractivity contribution is -0.692. The Hall–Kier alpha value is -3.48. The van der Waals surface area contributed by atoms with Gasteiger partial charge in [0.2, 0.25) is 0 Å². The highest BCUT2D eigenvalue weighted by molar-refractivity contribution is 8.76. The summed E-state index contributed by atoms with van der Waals surface area (Å²) in [5.74, 6) is 2.16. The van der Waals surface area contributed by atoms with Gasteiger partial charge >= 0.3 is 0 Å². The second kappa shape index (κ2) is 16.3. The average Bonchev–Trinajstić information content (AvgIpc) is 3.12. The van der Waals surface area contributed by atoms with Crippen molar-refractivity contribution in [2.75, 3.05) is 54.0 Å². The predicted octanol–water partition coefficient (Wildman–Crippen LogP) is 6.90. The number of hydrogen-bond donors (Lipinski definition) is 1. The number of benzene rings is 2. The summed E-state index contributed by atoms with van der Waals surface area (Å²) in [6, 6.07) is 14.1. The molecule has 6 heteroatoms. The van der Waals surface area contributed by atoms with Crippen LogP contribution in [0.1, 0.15) is 64.6 Å². The molecule has 3 aromatic rings. The number of aromatic nitrogens is 1. The quantitative estimate of drug-likeness (QED) is 0.0701. The first-order valence-corrected chi connectivity index (χ1v) is 20.5. The van der Waals surface area contributed by atoms with Crippen LogP contribution in [0, 0.1) is 0 Å². The number of allylic oxidation sites excluding steroid dienone is 4. The molecule has 4 aliphatic heterocycles. The third kappa shape index (κ3) is 8.20. The predicted molar refractivity (Wildman–Crippen MR) is 210 cm³/mol. The van der Waals surface area contributed by atoms with Crippen LogP contribution in [-0.2, 0) is 32.2 Å². The zero-order valence-electron chi connectivity index (χ0n) is 28.3. The van der Waals surface area contributed by atoms with Gasteiger partial charge in [-0.2, -0.15) is 0 Å². The molecule has 0 aliphatic carbocycles. The standard InChI is InChI=1S/C42H49N4S2/c1-2-33(11-13-35-29-37-7-3-20-45-21-4-8-38(30-35)41(37)45)15-18-43-19-27-47-48-28-26-44-24-16-34(17-25-44)12-14-36-31-39-9-5-22-46-23-6-10-40(32-36)42(39)46/h2,11-18,24-25,29-32H,1,3-10,19-23,26-28H2/q+1/p+1/b13-11+,33-15+,43-18?. The van der Waals surface area contributed by atoms with Crippen molar-refractivity contribution in [2.24, 2.45) is 0 Å². The summed E-state index contributed by atoms with van der Waals surface area (Å²) in [5.41, 5.74) is 14.3. The van der Waals surface area contributed by atoms with Crippen molar-refractivity contribution in [3.8, 4) is 0 Å². The Bertz CT molecular complexity index is 1660. The number of rotatable bonds is 13. The van der Waals surface area contributed by atoms with Crippen LogP contribution in [0.2, 0.25) is 0 Å². The van der Waals surface area contributed by atoms with Gasteiger partial charge < -0.3 is 9.80 Å². The molecule has 2 aromatic carbocycles. The summed E-state index contributed by atoms with van der Waals surface area (Å²) in [6.07, 6.45) is 29.5. The second-order valence-electron chi connectivity index (χ2n) is 13.4. The van der Waals surface area contributed by atoms with E-state index in [4.69, 9.17) is 0 Å². The summed E-state index contributed by atoms with van der Waals surface area (Å²) in [4.78, 5) is 8.67. The van der Waals surface area contributed by atoms with E-state index < -0.39 is 0 Å². The van der Waals surface area contributed by atoms with Gasteiger partial charge in [-0.3, -0.25) is 0 Å². The first-order valence-electron chi connectivity index (χ1n) is 18.0. The molecule has 0 unspecified atom stereocenters. The molecular weight excluding hydrogens is 625 g/mol. The SMILES string of the molecule is C=CC(/C=C/c1cc2c3c(c1)CCCN3CCC2)=C\C=[NH+]CCSSCC[n+]1ccc(/C=C/c2cc3c4c(c2)CCCN4CCC3)cc1. The lowest BCUT2D eigenvalue weighted by Crippen LogP contribution is -2.69. The molecule has 0 fully saturated rings. The van der Waals surface area contributed by atoms with Crippen molar-refractivity contribution in [1.29, 1.82) is 0 Å². The number of aryl methyl sites for hydroxylation is 5. The summed E-state index contributed by atoms with van der Waals surface area (Å²) in [5, 5.41) is 0. The van der Waals surface area contributed by atoms with E-state index in [1.807, 2.05) is 27.7 Å². The molecule has 5 heterocycles. The van der Waals surface area contributed by atoms with Crippen LogP contribution in [0.5, 0.6) is 0 Å². The summed E-state index contributed by atoms with van der Waals surface area (Å²) in [6.45, 7) is 10.9. The zero-order valence-corrected chi connectivity index (χ0v) is 30.0. The Morgan fingerprint density at radius 1 is 0.708 bits per heavy atom. The molecule has 1 N–H and O–H groups in total. The normalized spacial score (nSPS) is 17.4. The van der Waals surface area contributed by atoms with E-state index in [2.05, 4.69) is 111 Å². The van der Waals surface area contributed by atoms with Gasteiger partial charge in [-0.25, -0.2) is 9.56 Å². The molecule has 4 nitrogen and oxygen atoms in total. The van der Waals surface area contributed by atoms with Crippen molar-refractivity contribution in [1.82, 2.24) is 0 Å². The molecule has 0 saturated heterocycles. The van der Waals surface area contributed by atoms with E-state index in [0.717, 1.165) is 30.2 Å². The van der Waals surface area contributed by atoms with Gasteiger partial charge in [0.1, 0.15) is 0 Å². The Morgan fingerprint density at radius 2 is 1.23 bits per heavy atom. The molecule has 48 heavy (non-hydrogen) atoms. The summed E-state index contributed by atoms with van der Waals surface area (Å²) < 4.78 is 2.29. The molecule has 0 bridgehead atoms. The third-order valence-electron chi connectivity index (χ3n) is 10.0. The van der Waals surface area contributed by atoms with E-state index in [1.54, 1.807) is 16.8 Å². The highest BCUT2D eigenvalue weighted by Crippen LogP contribution is 2.37. The van der Waals surface area contributed by atoms with E-state index in [0.29, 0.717) is 0 Å². The smallest absolute Gasteiger partial charge is 0.169 e. The number of anilines is 2. The second-order valence-corrected chi connectivity index (χ2v) is 16.1. The van der Waals surface area contributed by atoms with Crippen LogP contribution in [-0.4, -0.2) is 50.4 Å². The van der Waals surface area contributed by atoms with Gasteiger partial charge in [-0.15, -0.1) is 0 Å². The van der Waals surface area contributed by atoms with Crippen molar-refractivity contribution in [3.05, 3.63) is 118 Å². The average molecular weight is 675 g/mol. The highest BCUT2D eigenvalue weighted by Gasteiger charge is 2.25. The van der Waals surface area contributed by atoms with E-state index in [1.165, 1.54) is 111 Å². The topological polar surface area (TPSA) is 24.3 Å². The minimum absolute atomic E-state index is 0.950. The molecule has 4 aliphatic rings. The van der Waals surface area contributed by atoms with Gasteiger partial charge in [0.15, 0.2) is 31.7 Å². The first kappa shape index (κ1) is 33.0. The lowest BCUT2D eigenvalue weighted by atomic mass is 9.90. The summed E-state index contributed by atoms with van der Waals surface area (Å²) in [7, 11) is 3.89. The van der Waals surface area contributed by atoms with Gasteiger partial charge in [-0.1, -0.05) is 58.5 Å². The van der Waals surface area contributed by atoms with Crippen LogP contribution in [0.3, 0.4) is 0 Å². The van der Waals surface area contributed by atoms with Crippen molar-refractivity contribution in [3.63, 3.8) is 0 Å². The monoisotopic (exact) mass is 674 g/mol. The van der Waals surface area contributed by atoms with Crippen molar-refractivity contribution >= 4 is 57.4 Å². The molecule has 1 aromatic heterocycles. The van der Waals surface area contributed by atoms with Crippen LogP contribution in [0.15, 0.2) is 79.2 Å². The van der Waals surface area contributed by atoms with Crippen molar-refractivity contribution in [2.45, 2.75) is 57.9 Å². The molecule has 0 spiro atoms. The molecule has 0 amide bonds. The fraction of sp³-hybridized carbons (Fsp3) is 0.381. The first-order chi connectivity index (χ1) is 23.7. The molecule has 0 atom stereocenters. The van der Waals surface area contributed by atoms with Crippen molar-refractivity contribution < 1.29 is 9.56 Å². The van der Waals surface area contributed by atoms with Gasteiger partial charge in [0.25, 0.3) is 0 Å². The molecule has 7 rings (SSSR count). The zero-order chi connectivity index (χ0) is 32.5. The van der Waals surface area contributed by atoms with Crippen LogP contribution in [0.4, 0.5) is 11.4 Å².